The van der Waals surface area contributed by atoms with E-state index in [1.54, 1.807) is 0 Å². The molecule has 0 amide bonds. The van der Waals surface area contributed by atoms with E-state index in [1.165, 1.54) is 0 Å². The van der Waals surface area contributed by atoms with Crippen LogP contribution in [0.2, 0.25) is 0 Å². The van der Waals surface area contributed by atoms with E-state index in [4.69, 9.17) is 4.74 Å². The normalized spacial score (nSPS) is 32.5. The highest BCUT2D eigenvalue weighted by Crippen LogP contribution is 2.38. The third-order valence-electron chi connectivity index (χ3n) is 2.77. The van der Waals surface area contributed by atoms with Gasteiger partial charge in [-0.3, -0.25) is 0 Å². The molecule has 0 aromatic rings. The smallest absolute Gasteiger partial charge is 0.262 e. The van der Waals surface area contributed by atoms with Crippen molar-refractivity contribution in [2.75, 3.05) is 19.8 Å². The number of halogens is 2. The Morgan fingerprint density at radius 1 is 1.17 bits per heavy atom. The summed E-state index contributed by atoms with van der Waals surface area (Å²) in [5, 5.41) is 2.93. The summed E-state index contributed by atoms with van der Waals surface area (Å²) < 4.78 is 30.9. The Morgan fingerprint density at radius 3 is 2.33 bits per heavy atom. The van der Waals surface area contributed by atoms with Crippen LogP contribution in [-0.4, -0.2) is 31.2 Å². The van der Waals surface area contributed by atoms with E-state index in [9.17, 15) is 8.78 Å². The zero-order chi connectivity index (χ0) is 8.66. The van der Waals surface area contributed by atoms with E-state index in [1.807, 2.05) is 0 Å². The van der Waals surface area contributed by atoms with Crippen LogP contribution in [0.25, 0.3) is 0 Å². The lowest BCUT2D eigenvalue weighted by Crippen LogP contribution is -2.44. The minimum atomic E-state index is -2.50. The summed E-state index contributed by atoms with van der Waals surface area (Å²) in [7, 11) is 0. The highest BCUT2D eigenvalue weighted by molar-refractivity contribution is 5.01. The monoisotopic (exact) mass is 177 g/mol. The lowest BCUT2D eigenvalue weighted by atomic mass is 9.88. The molecule has 0 atom stereocenters. The maximum absolute atomic E-state index is 12.9. The standard InChI is InChI=1S/C8H13F2NO/c9-8(10)5-7(11-6-8)1-3-12-4-2-7/h11H,1-6H2. The van der Waals surface area contributed by atoms with E-state index in [0.29, 0.717) is 13.2 Å². The van der Waals surface area contributed by atoms with Crippen molar-refractivity contribution in [1.82, 2.24) is 5.32 Å². The van der Waals surface area contributed by atoms with Crippen LogP contribution in [0.4, 0.5) is 8.78 Å². The minimum absolute atomic E-state index is 0.0106. The predicted octanol–water partition coefficient (Wildman–Crippen LogP) is 1.16. The second-order valence-corrected chi connectivity index (χ2v) is 3.78. The van der Waals surface area contributed by atoms with Crippen LogP contribution in [0.1, 0.15) is 19.3 Å². The third-order valence-corrected chi connectivity index (χ3v) is 2.77. The van der Waals surface area contributed by atoms with E-state index in [2.05, 4.69) is 5.32 Å². The van der Waals surface area contributed by atoms with Gasteiger partial charge in [0.2, 0.25) is 0 Å². The number of ether oxygens (including phenoxy) is 1. The van der Waals surface area contributed by atoms with E-state index in [0.717, 1.165) is 12.8 Å². The molecule has 70 valence electrons. The molecule has 2 aliphatic rings. The summed E-state index contributed by atoms with van der Waals surface area (Å²) in [6, 6.07) is 0. The molecule has 4 heteroatoms. The first kappa shape index (κ1) is 8.38. The van der Waals surface area contributed by atoms with Crippen LogP contribution < -0.4 is 5.32 Å². The molecule has 0 aliphatic carbocycles. The zero-order valence-corrected chi connectivity index (χ0v) is 6.91. The van der Waals surface area contributed by atoms with E-state index < -0.39 is 5.92 Å². The van der Waals surface area contributed by atoms with Gasteiger partial charge in [-0.15, -0.1) is 0 Å². The van der Waals surface area contributed by atoms with Crippen molar-refractivity contribution in [1.29, 1.82) is 0 Å². The molecule has 0 bridgehead atoms. The lowest BCUT2D eigenvalue weighted by molar-refractivity contribution is -0.00280. The molecule has 2 heterocycles. The Kier molecular flexibility index (Phi) is 1.84. The van der Waals surface area contributed by atoms with Gasteiger partial charge in [0.15, 0.2) is 0 Å². The van der Waals surface area contributed by atoms with Crippen LogP contribution in [0, 0.1) is 0 Å². The van der Waals surface area contributed by atoms with Gasteiger partial charge in [-0.1, -0.05) is 0 Å². The second-order valence-electron chi connectivity index (χ2n) is 3.78. The quantitative estimate of drug-likeness (QED) is 0.599. The van der Waals surface area contributed by atoms with Gasteiger partial charge >= 0.3 is 0 Å². The van der Waals surface area contributed by atoms with Crippen molar-refractivity contribution >= 4 is 0 Å². The Morgan fingerprint density at radius 2 is 1.83 bits per heavy atom. The molecule has 2 fully saturated rings. The van der Waals surface area contributed by atoms with Crippen molar-refractivity contribution < 1.29 is 13.5 Å². The number of alkyl halides is 2. The number of hydrogen-bond acceptors (Lipinski definition) is 2. The first-order chi connectivity index (χ1) is 5.62. The summed E-state index contributed by atoms with van der Waals surface area (Å²) in [4.78, 5) is 0. The van der Waals surface area contributed by atoms with Gasteiger partial charge in [-0.2, -0.15) is 0 Å². The fraction of sp³-hybridized carbons (Fsp3) is 1.00. The minimum Gasteiger partial charge on any atom is -0.381 e. The van der Waals surface area contributed by atoms with Gasteiger partial charge < -0.3 is 10.1 Å². The number of nitrogens with one attached hydrogen (secondary N) is 1. The fourth-order valence-corrected chi connectivity index (χ4v) is 2.05. The molecule has 2 aliphatic heterocycles. The SMILES string of the molecule is FC1(F)CNC2(CCOCC2)C1. The highest BCUT2D eigenvalue weighted by atomic mass is 19.3. The van der Waals surface area contributed by atoms with Crippen molar-refractivity contribution in [2.45, 2.75) is 30.7 Å². The average molecular weight is 177 g/mol. The molecular weight excluding hydrogens is 164 g/mol. The first-order valence-electron chi connectivity index (χ1n) is 4.33. The Labute approximate surface area is 70.3 Å². The largest absolute Gasteiger partial charge is 0.381 e. The number of rotatable bonds is 0. The maximum Gasteiger partial charge on any atom is 0.262 e. The van der Waals surface area contributed by atoms with E-state index in [-0.39, 0.29) is 18.5 Å². The Bertz CT molecular complexity index is 178. The molecule has 0 saturated carbocycles. The first-order valence-corrected chi connectivity index (χ1v) is 4.33. The van der Waals surface area contributed by atoms with Crippen molar-refractivity contribution in [2.24, 2.45) is 0 Å². The maximum atomic E-state index is 12.9. The lowest BCUT2D eigenvalue weighted by Gasteiger charge is -2.33. The summed E-state index contributed by atoms with van der Waals surface area (Å²) in [5.74, 6) is -2.50. The number of hydrogen-bond donors (Lipinski definition) is 1. The van der Waals surface area contributed by atoms with Crippen molar-refractivity contribution in [3.8, 4) is 0 Å². The molecular formula is C8H13F2NO. The second kappa shape index (κ2) is 2.64. The van der Waals surface area contributed by atoms with Gasteiger partial charge in [0.25, 0.3) is 5.92 Å². The molecule has 0 aromatic carbocycles. The van der Waals surface area contributed by atoms with Crippen LogP contribution in [-0.2, 0) is 4.74 Å². The average Bonchev–Trinajstić information content (AvgIpc) is 2.29. The summed E-state index contributed by atoms with van der Waals surface area (Å²) in [6.07, 6.45) is 1.44. The van der Waals surface area contributed by atoms with Gasteiger partial charge in [-0.25, -0.2) is 8.78 Å². The third kappa shape index (κ3) is 1.45. The Balaban J connectivity index is 2.03. The fourth-order valence-electron chi connectivity index (χ4n) is 2.05. The zero-order valence-electron chi connectivity index (χ0n) is 6.91. The van der Waals surface area contributed by atoms with Crippen molar-refractivity contribution in [3.05, 3.63) is 0 Å². The van der Waals surface area contributed by atoms with E-state index >= 15 is 0 Å². The molecule has 0 aromatic heterocycles. The summed E-state index contributed by atoms with van der Waals surface area (Å²) in [5.41, 5.74) is -0.318. The molecule has 2 saturated heterocycles. The van der Waals surface area contributed by atoms with Crippen molar-refractivity contribution in [3.63, 3.8) is 0 Å². The van der Waals surface area contributed by atoms with Crippen LogP contribution >= 0.6 is 0 Å². The van der Waals surface area contributed by atoms with Gasteiger partial charge in [0.05, 0.1) is 6.54 Å². The van der Waals surface area contributed by atoms with Crippen LogP contribution in [0.15, 0.2) is 0 Å². The summed E-state index contributed by atoms with van der Waals surface area (Å²) >= 11 is 0. The molecule has 2 rings (SSSR count). The van der Waals surface area contributed by atoms with Gasteiger partial charge in [0.1, 0.15) is 0 Å². The highest BCUT2D eigenvalue weighted by Gasteiger charge is 2.49. The predicted molar refractivity (Wildman–Crippen MR) is 40.4 cm³/mol. The molecule has 1 N–H and O–H groups in total. The van der Waals surface area contributed by atoms with Crippen LogP contribution in [0.5, 0.6) is 0 Å². The molecule has 1 spiro atoms. The molecule has 12 heavy (non-hydrogen) atoms. The molecule has 0 unspecified atom stereocenters. The summed E-state index contributed by atoms with van der Waals surface area (Å²) in [6.45, 7) is 1.07. The molecule has 2 nitrogen and oxygen atoms in total. The van der Waals surface area contributed by atoms with Gasteiger partial charge in [-0.05, 0) is 12.8 Å². The topological polar surface area (TPSA) is 21.3 Å². The van der Waals surface area contributed by atoms with Crippen LogP contribution in [0.3, 0.4) is 0 Å². The molecule has 0 radical (unpaired) electrons. The van der Waals surface area contributed by atoms with Gasteiger partial charge in [0, 0.05) is 25.2 Å². The Hall–Kier alpha value is -0.220.